The van der Waals surface area contributed by atoms with Crippen molar-refractivity contribution in [1.29, 1.82) is 0 Å². The molecule has 0 spiro atoms. The fraction of sp³-hybridized carbons (Fsp3) is 0.588. The van der Waals surface area contributed by atoms with Gasteiger partial charge in [0.1, 0.15) is 5.75 Å². The molecule has 0 aromatic heterocycles. The van der Waals surface area contributed by atoms with Gasteiger partial charge in [-0.15, -0.1) is 0 Å². The predicted molar refractivity (Wildman–Crippen MR) is 82.5 cm³/mol. The topological polar surface area (TPSA) is 55.8 Å². The molecule has 4 nitrogen and oxygen atoms in total. The Morgan fingerprint density at radius 2 is 1.81 bits per heavy atom. The first-order chi connectivity index (χ1) is 9.99. The Morgan fingerprint density at radius 1 is 1.19 bits per heavy atom. The molecule has 0 saturated carbocycles. The molecule has 0 fully saturated rings. The molecule has 21 heavy (non-hydrogen) atoms. The van der Waals surface area contributed by atoms with Gasteiger partial charge in [-0.25, -0.2) is 4.79 Å². The number of benzene rings is 1. The maximum atomic E-state index is 12.1. The number of carbonyl (C=O) groups excluding carboxylic acids is 1. The van der Waals surface area contributed by atoms with E-state index in [9.17, 15) is 9.90 Å². The molecule has 0 aliphatic carbocycles. The van der Waals surface area contributed by atoms with Gasteiger partial charge in [-0.3, -0.25) is 0 Å². The van der Waals surface area contributed by atoms with Gasteiger partial charge in [-0.2, -0.15) is 0 Å². The minimum Gasteiger partial charge on any atom is -0.494 e. The molecular weight excluding hydrogens is 268 g/mol. The van der Waals surface area contributed by atoms with Crippen molar-refractivity contribution in [3.8, 4) is 5.75 Å². The maximum Gasteiger partial charge on any atom is 0.338 e. The van der Waals surface area contributed by atoms with Crippen molar-refractivity contribution >= 4 is 5.97 Å². The highest BCUT2D eigenvalue weighted by atomic mass is 16.5. The quantitative estimate of drug-likeness (QED) is 0.748. The lowest BCUT2D eigenvalue weighted by atomic mass is 9.80. The lowest BCUT2D eigenvalue weighted by molar-refractivity contribution is -0.168. The Bertz CT molecular complexity index is 441. The van der Waals surface area contributed by atoms with Gasteiger partial charge in [0.05, 0.1) is 13.2 Å². The van der Waals surface area contributed by atoms with Crippen molar-refractivity contribution in [2.45, 2.75) is 52.1 Å². The Hall–Kier alpha value is -1.55. The third-order valence-corrected chi connectivity index (χ3v) is 3.67. The fourth-order valence-corrected chi connectivity index (χ4v) is 2.43. The van der Waals surface area contributed by atoms with Gasteiger partial charge < -0.3 is 14.6 Å². The molecule has 0 radical (unpaired) electrons. The first-order valence-corrected chi connectivity index (χ1v) is 7.61. The summed E-state index contributed by atoms with van der Waals surface area (Å²) >= 11 is 0. The summed E-state index contributed by atoms with van der Waals surface area (Å²) in [6.45, 7) is 8.33. The second-order valence-corrected chi connectivity index (χ2v) is 5.12. The molecule has 0 aliphatic heterocycles. The number of hydrogen-bond donors (Lipinski definition) is 1. The third kappa shape index (κ3) is 4.21. The monoisotopic (exact) mass is 294 g/mol. The maximum absolute atomic E-state index is 12.1. The molecule has 0 aliphatic rings. The van der Waals surface area contributed by atoms with Crippen LogP contribution in [-0.2, 0) is 9.53 Å². The van der Waals surface area contributed by atoms with Crippen LogP contribution in [0, 0.1) is 0 Å². The van der Waals surface area contributed by atoms with Crippen molar-refractivity contribution in [3.63, 3.8) is 0 Å². The lowest BCUT2D eigenvalue weighted by Gasteiger charge is -2.32. The van der Waals surface area contributed by atoms with E-state index in [0.29, 0.717) is 19.4 Å². The van der Waals surface area contributed by atoms with Crippen LogP contribution in [-0.4, -0.2) is 29.9 Å². The van der Waals surface area contributed by atoms with E-state index in [-0.39, 0.29) is 12.5 Å². The van der Waals surface area contributed by atoms with Gasteiger partial charge in [-0.1, -0.05) is 32.4 Å². The zero-order valence-corrected chi connectivity index (χ0v) is 13.4. The first-order valence-electron chi connectivity index (χ1n) is 7.61. The van der Waals surface area contributed by atoms with Gasteiger partial charge in [-0.05, 0) is 38.0 Å². The lowest BCUT2D eigenvalue weighted by Crippen LogP contribution is -2.44. The number of carbonyl (C=O) groups is 1. The van der Waals surface area contributed by atoms with E-state index in [4.69, 9.17) is 9.47 Å². The molecule has 0 amide bonds. The van der Waals surface area contributed by atoms with Crippen LogP contribution < -0.4 is 4.74 Å². The van der Waals surface area contributed by atoms with Crippen molar-refractivity contribution in [2.75, 3.05) is 13.2 Å². The number of rotatable bonds is 8. The highest BCUT2D eigenvalue weighted by Gasteiger charge is 2.42. The number of esters is 1. The van der Waals surface area contributed by atoms with Crippen molar-refractivity contribution < 1.29 is 19.4 Å². The molecule has 0 heterocycles. The van der Waals surface area contributed by atoms with E-state index in [0.717, 1.165) is 11.3 Å². The van der Waals surface area contributed by atoms with Crippen LogP contribution in [0.25, 0.3) is 0 Å². The van der Waals surface area contributed by atoms with Crippen LogP contribution in [0.2, 0.25) is 0 Å². The number of hydrogen-bond acceptors (Lipinski definition) is 4. The van der Waals surface area contributed by atoms with E-state index in [2.05, 4.69) is 0 Å². The molecule has 1 rings (SSSR count). The second-order valence-electron chi connectivity index (χ2n) is 5.12. The normalized spacial score (nSPS) is 15.1. The first kappa shape index (κ1) is 17.5. The SMILES string of the molecule is CCCC(O)(C(=O)OCC)C(C)c1ccc(OCC)cc1. The summed E-state index contributed by atoms with van der Waals surface area (Å²) in [6.07, 6.45) is 1.08. The Morgan fingerprint density at radius 3 is 2.29 bits per heavy atom. The van der Waals surface area contributed by atoms with E-state index < -0.39 is 11.6 Å². The van der Waals surface area contributed by atoms with E-state index >= 15 is 0 Å². The van der Waals surface area contributed by atoms with Crippen molar-refractivity contribution in [3.05, 3.63) is 29.8 Å². The smallest absolute Gasteiger partial charge is 0.338 e. The summed E-state index contributed by atoms with van der Waals surface area (Å²) in [5.41, 5.74) is -0.597. The van der Waals surface area contributed by atoms with Crippen LogP contribution in [0.1, 0.15) is 52.0 Å². The van der Waals surface area contributed by atoms with Crippen LogP contribution in [0.4, 0.5) is 0 Å². The molecule has 4 heteroatoms. The highest BCUT2D eigenvalue weighted by Crippen LogP contribution is 2.34. The minimum absolute atomic E-state index is 0.265. The van der Waals surface area contributed by atoms with Crippen LogP contribution >= 0.6 is 0 Å². The van der Waals surface area contributed by atoms with Gasteiger partial charge in [0, 0.05) is 5.92 Å². The van der Waals surface area contributed by atoms with Crippen molar-refractivity contribution in [2.24, 2.45) is 0 Å². The molecule has 2 atom stereocenters. The summed E-state index contributed by atoms with van der Waals surface area (Å²) in [5, 5.41) is 10.8. The highest BCUT2D eigenvalue weighted by molar-refractivity contribution is 5.80. The van der Waals surface area contributed by atoms with Crippen LogP contribution in [0.15, 0.2) is 24.3 Å². The van der Waals surface area contributed by atoms with Crippen molar-refractivity contribution in [1.82, 2.24) is 0 Å². The van der Waals surface area contributed by atoms with Crippen LogP contribution in [0.5, 0.6) is 5.75 Å². The van der Waals surface area contributed by atoms with Gasteiger partial charge in [0.2, 0.25) is 0 Å². The minimum atomic E-state index is -1.49. The zero-order valence-electron chi connectivity index (χ0n) is 13.4. The van der Waals surface area contributed by atoms with Gasteiger partial charge in [0.15, 0.2) is 5.60 Å². The molecule has 1 aromatic carbocycles. The average Bonchev–Trinajstić information content (AvgIpc) is 2.48. The predicted octanol–water partition coefficient (Wildman–Crippen LogP) is 3.28. The second kappa shape index (κ2) is 8.03. The van der Waals surface area contributed by atoms with E-state index in [1.54, 1.807) is 6.92 Å². The molecule has 0 bridgehead atoms. The number of aliphatic hydroxyl groups is 1. The van der Waals surface area contributed by atoms with Gasteiger partial charge >= 0.3 is 5.97 Å². The number of ether oxygens (including phenoxy) is 2. The summed E-state index contributed by atoms with van der Waals surface area (Å²) < 4.78 is 10.5. The third-order valence-electron chi connectivity index (χ3n) is 3.67. The molecule has 118 valence electrons. The van der Waals surface area contributed by atoms with E-state index in [1.807, 2.05) is 45.0 Å². The van der Waals surface area contributed by atoms with Gasteiger partial charge in [0.25, 0.3) is 0 Å². The summed E-state index contributed by atoms with van der Waals surface area (Å²) in [5.74, 6) is -0.107. The Labute approximate surface area is 127 Å². The largest absolute Gasteiger partial charge is 0.494 e. The van der Waals surface area contributed by atoms with E-state index in [1.165, 1.54) is 0 Å². The Kier molecular flexibility index (Phi) is 6.69. The van der Waals surface area contributed by atoms with Crippen LogP contribution in [0.3, 0.4) is 0 Å². The standard InChI is InChI=1S/C17H26O4/c1-5-12-17(19,16(18)21-7-3)13(4)14-8-10-15(11-9-14)20-6-2/h8-11,13,19H,5-7,12H2,1-4H3. The molecule has 1 aromatic rings. The fourth-order valence-electron chi connectivity index (χ4n) is 2.43. The molecule has 1 N–H and O–H groups in total. The zero-order chi connectivity index (χ0) is 15.9. The average molecular weight is 294 g/mol. The molecule has 2 unspecified atom stereocenters. The Balaban J connectivity index is 2.99. The summed E-state index contributed by atoms with van der Waals surface area (Å²) in [6, 6.07) is 7.48. The summed E-state index contributed by atoms with van der Waals surface area (Å²) in [7, 11) is 0. The molecule has 0 saturated heterocycles. The summed E-state index contributed by atoms with van der Waals surface area (Å²) in [4.78, 5) is 12.1. The molecular formula is C17H26O4.